The minimum Gasteiger partial charge on any atom is -0.381 e. The second kappa shape index (κ2) is 7.80. The summed E-state index contributed by atoms with van der Waals surface area (Å²) in [6, 6.07) is 14.9. The third-order valence-corrected chi connectivity index (χ3v) is 5.92. The van der Waals surface area contributed by atoms with Crippen molar-refractivity contribution in [2.75, 3.05) is 10.0 Å². The van der Waals surface area contributed by atoms with Crippen molar-refractivity contribution in [2.24, 2.45) is 0 Å². The number of benzene rings is 2. The van der Waals surface area contributed by atoms with Gasteiger partial charge in [-0.3, -0.25) is 9.71 Å². The Labute approximate surface area is 160 Å². The number of nitrogens with zero attached hydrogens (tertiary/aromatic N) is 1. The smallest absolute Gasteiger partial charge is 0.262 e. The number of hydrogen-bond donors (Lipinski definition) is 2. The fraction of sp³-hybridized carbons (Fsp3) is 0.190. The molecule has 0 aliphatic heterocycles. The van der Waals surface area contributed by atoms with E-state index in [0.29, 0.717) is 17.1 Å². The van der Waals surface area contributed by atoms with Gasteiger partial charge in [0.2, 0.25) is 0 Å². The zero-order chi connectivity index (χ0) is 19.4. The standard InChI is InChI=1S/C21H23N3O2S/c1-15-11-16(2)21(17(3)12-15)27(25,26)24-20-8-6-19(7-9-20)23-14-18-5-4-10-22-13-18/h4-13,23-24H,14H2,1-3H3. The second-order valence-corrected chi connectivity index (χ2v) is 8.24. The Morgan fingerprint density at radius 2 is 1.56 bits per heavy atom. The van der Waals surface area contributed by atoms with Crippen LogP contribution in [0, 0.1) is 20.8 Å². The lowest BCUT2D eigenvalue weighted by atomic mass is 10.1. The van der Waals surface area contributed by atoms with Crippen molar-refractivity contribution in [1.29, 1.82) is 0 Å². The molecule has 1 heterocycles. The monoisotopic (exact) mass is 381 g/mol. The molecule has 140 valence electrons. The quantitative estimate of drug-likeness (QED) is 0.663. The Morgan fingerprint density at radius 1 is 0.926 bits per heavy atom. The van der Waals surface area contributed by atoms with Crippen molar-refractivity contribution in [1.82, 2.24) is 4.98 Å². The molecular weight excluding hydrogens is 358 g/mol. The van der Waals surface area contributed by atoms with Crippen LogP contribution in [0.4, 0.5) is 11.4 Å². The lowest BCUT2D eigenvalue weighted by Crippen LogP contribution is -2.16. The molecule has 0 radical (unpaired) electrons. The van der Waals surface area contributed by atoms with Crippen LogP contribution in [0.15, 0.2) is 65.8 Å². The van der Waals surface area contributed by atoms with Crippen LogP contribution in [-0.4, -0.2) is 13.4 Å². The first kappa shape index (κ1) is 18.9. The third kappa shape index (κ3) is 4.65. The molecule has 0 atom stereocenters. The zero-order valence-electron chi connectivity index (χ0n) is 15.7. The topological polar surface area (TPSA) is 71.1 Å². The lowest BCUT2D eigenvalue weighted by Gasteiger charge is -2.14. The van der Waals surface area contributed by atoms with Gasteiger partial charge in [-0.25, -0.2) is 8.42 Å². The summed E-state index contributed by atoms with van der Waals surface area (Å²) < 4.78 is 28.3. The maximum absolute atomic E-state index is 12.8. The molecule has 0 saturated carbocycles. The predicted molar refractivity (Wildman–Crippen MR) is 109 cm³/mol. The Morgan fingerprint density at radius 3 is 2.15 bits per heavy atom. The molecule has 2 N–H and O–H groups in total. The minimum absolute atomic E-state index is 0.340. The van der Waals surface area contributed by atoms with E-state index in [4.69, 9.17) is 0 Å². The molecule has 0 unspecified atom stereocenters. The van der Waals surface area contributed by atoms with Gasteiger partial charge in [0.25, 0.3) is 10.0 Å². The first-order chi connectivity index (χ1) is 12.8. The van der Waals surface area contributed by atoms with Gasteiger partial charge in [-0.05, 0) is 67.8 Å². The zero-order valence-corrected chi connectivity index (χ0v) is 16.5. The molecule has 0 bridgehead atoms. The largest absolute Gasteiger partial charge is 0.381 e. The molecule has 2 aromatic carbocycles. The van der Waals surface area contributed by atoms with Crippen LogP contribution in [0.3, 0.4) is 0 Å². The number of anilines is 2. The number of sulfonamides is 1. The van der Waals surface area contributed by atoms with Crippen molar-refractivity contribution in [3.63, 3.8) is 0 Å². The van der Waals surface area contributed by atoms with Gasteiger partial charge >= 0.3 is 0 Å². The predicted octanol–water partition coefficient (Wildman–Crippen LogP) is 4.42. The number of hydrogen-bond acceptors (Lipinski definition) is 4. The van der Waals surface area contributed by atoms with Gasteiger partial charge in [-0.2, -0.15) is 0 Å². The summed E-state index contributed by atoms with van der Waals surface area (Å²) in [5, 5.41) is 3.29. The van der Waals surface area contributed by atoms with E-state index in [1.54, 1.807) is 18.3 Å². The van der Waals surface area contributed by atoms with Gasteiger partial charge < -0.3 is 5.32 Å². The molecule has 0 aliphatic rings. The van der Waals surface area contributed by atoms with Crippen molar-refractivity contribution < 1.29 is 8.42 Å². The van der Waals surface area contributed by atoms with E-state index in [-0.39, 0.29) is 0 Å². The van der Waals surface area contributed by atoms with Crippen LogP contribution in [0.5, 0.6) is 0 Å². The average molecular weight is 382 g/mol. The molecule has 0 amide bonds. The highest BCUT2D eigenvalue weighted by Crippen LogP contribution is 2.25. The summed E-state index contributed by atoms with van der Waals surface area (Å²) in [7, 11) is -3.64. The van der Waals surface area contributed by atoms with E-state index in [9.17, 15) is 8.42 Å². The van der Waals surface area contributed by atoms with E-state index < -0.39 is 10.0 Å². The van der Waals surface area contributed by atoms with Crippen molar-refractivity contribution >= 4 is 21.4 Å². The van der Waals surface area contributed by atoms with Gasteiger partial charge in [0, 0.05) is 30.3 Å². The van der Waals surface area contributed by atoms with Crippen molar-refractivity contribution in [3.05, 3.63) is 83.2 Å². The van der Waals surface area contributed by atoms with Crippen LogP contribution in [0.2, 0.25) is 0 Å². The van der Waals surface area contributed by atoms with Crippen LogP contribution < -0.4 is 10.0 Å². The normalized spacial score (nSPS) is 11.2. The molecule has 3 rings (SSSR count). The first-order valence-corrected chi connectivity index (χ1v) is 10.2. The summed E-state index contributed by atoms with van der Waals surface area (Å²) in [5.41, 5.74) is 5.05. The molecule has 5 nitrogen and oxygen atoms in total. The molecule has 1 aromatic heterocycles. The van der Waals surface area contributed by atoms with Gasteiger partial charge in [0.05, 0.1) is 4.90 Å². The highest BCUT2D eigenvalue weighted by Gasteiger charge is 2.19. The highest BCUT2D eigenvalue weighted by molar-refractivity contribution is 7.92. The molecule has 6 heteroatoms. The average Bonchev–Trinajstić information content (AvgIpc) is 2.60. The van der Waals surface area contributed by atoms with Gasteiger partial charge in [0.1, 0.15) is 0 Å². The maximum Gasteiger partial charge on any atom is 0.262 e. The molecule has 0 saturated heterocycles. The number of nitrogens with one attached hydrogen (secondary N) is 2. The van der Waals surface area contributed by atoms with Crippen LogP contribution in [0.1, 0.15) is 22.3 Å². The Kier molecular flexibility index (Phi) is 5.46. The Balaban J connectivity index is 1.72. The number of pyridine rings is 1. The summed E-state index contributed by atoms with van der Waals surface area (Å²) in [6.45, 7) is 6.25. The molecule has 27 heavy (non-hydrogen) atoms. The molecule has 3 aromatic rings. The van der Waals surface area contributed by atoms with Crippen LogP contribution in [0.25, 0.3) is 0 Å². The molecule has 0 aliphatic carbocycles. The number of rotatable bonds is 6. The van der Waals surface area contributed by atoms with Gasteiger partial charge in [0.15, 0.2) is 0 Å². The van der Waals surface area contributed by atoms with Gasteiger partial charge in [-0.15, -0.1) is 0 Å². The third-order valence-electron chi connectivity index (χ3n) is 4.23. The fourth-order valence-corrected chi connectivity index (χ4v) is 4.67. The maximum atomic E-state index is 12.8. The van der Waals surface area contributed by atoms with Crippen molar-refractivity contribution in [2.45, 2.75) is 32.2 Å². The molecular formula is C21H23N3O2S. The summed E-state index contributed by atoms with van der Waals surface area (Å²) in [4.78, 5) is 4.42. The fourth-order valence-electron chi connectivity index (χ4n) is 3.16. The van der Waals surface area contributed by atoms with E-state index in [0.717, 1.165) is 27.9 Å². The summed E-state index contributed by atoms with van der Waals surface area (Å²) in [5.74, 6) is 0. The van der Waals surface area contributed by atoms with E-state index >= 15 is 0 Å². The summed E-state index contributed by atoms with van der Waals surface area (Å²) >= 11 is 0. The lowest BCUT2D eigenvalue weighted by molar-refractivity contribution is 0.600. The Bertz CT molecular complexity index is 1010. The minimum atomic E-state index is -3.64. The molecule has 0 fully saturated rings. The van der Waals surface area contributed by atoms with Crippen LogP contribution >= 0.6 is 0 Å². The van der Waals surface area contributed by atoms with Crippen molar-refractivity contribution in [3.8, 4) is 0 Å². The Hall–Kier alpha value is -2.86. The SMILES string of the molecule is Cc1cc(C)c(S(=O)(=O)Nc2ccc(NCc3cccnc3)cc2)c(C)c1. The van der Waals surface area contributed by atoms with Crippen LogP contribution in [-0.2, 0) is 16.6 Å². The second-order valence-electron chi connectivity index (χ2n) is 6.63. The highest BCUT2D eigenvalue weighted by atomic mass is 32.2. The van der Waals surface area contributed by atoms with E-state index in [1.165, 1.54) is 0 Å². The molecule has 0 spiro atoms. The summed E-state index contributed by atoms with van der Waals surface area (Å²) in [6.07, 6.45) is 3.55. The number of aryl methyl sites for hydroxylation is 3. The van der Waals surface area contributed by atoms with Gasteiger partial charge in [-0.1, -0.05) is 23.8 Å². The van der Waals surface area contributed by atoms with E-state index in [1.807, 2.05) is 63.4 Å². The number of aromatic nitrogens is 1. The van der Waals surface area contributed by atoms with E-state index in [2.05, 4.69) is 15.0 Å². The first-order valence-electron chi connectivity index (χ1n) is 8.69.